The van der Waals surface area contributed by atoms with Crippen LogP contribution >= 0.6 is 0 Å². The van der Waals surface area contributed by atoms with Crippen molar-refractivity contribution in [3.63, 3.8) is 0 Å². The third-order valence-corrected chi connectivity index (χ3v) is 1.48. The lowest BCUT2D eigenvalue weighted by molar-refractivity contribution is -0.141. The van der Waals surface area contributed by atoms with Gasteiger partial charge in [-0.2, -0.15) is 18.7 Å². The molecular weight excluding hydrogens is 229 g/mol. The van der Waals surface area contributed by atoms with Crippen LogP contribution in [0.25, 0.3) is 0 Å². The molecule has 1 amide bonds. The zero-order valence-corrected chi connectivity index (χ0v) is 7.78. The normalized spacial score (nSPS) is 11.2. The Morgan fingerprint density at radius 1 is 1.50 bits per heavy atom. The molecule has 0 saturated heterocycles. The molecule has 0 radical (unpaired) electrons. The van der Waals surface area contributed by atoms with Crippen molar-refractivity contribution in [2.75, 3.05) is 0 Å². The highest BCUT2D eigenvalue weighted by atomic mass is 19.4. The molecule has 16 heavy (non-hydrogen) atoms. The number of carbonyl (C=O) groups is 1. The third kappa shape index (κ3) is 3.73. The van der Waals surface area contributed by atoms with Crippen molar-refractivity contribution in [1.82, 2.24) is 10.5 Å². The van der Waals surface area contributed by atoms with Crippen LogP contribution in [0.4, 0.5) is 18.0 Å². The minimum Gasteiger partial charge on any atom is -0.464 e. The number of hydrogen-bond acceptors (Lipinski definition) is 3. The lowest BCUT2D eigenvalue weighted by atomic mass is 10.3. The van der Waals surface area contributed by atoms with E-state index in [0.717, 1.165) is 12.1 Å². The molecule has 0 saturated carbocycles. The lowest BCUT2D eigenvalue weighted by Crippen LogP contribution is -2.21. The van der Waals surface area contributed by atoms with E-state index < -0.39 is 18.0 Å². The predicted molar refractivity (Wildman–Crippen MR) is 45.2 cm³/mol. The quantitative estimate of drug-likeness (QED) is 0.785. The number of amides is 1. The van der Waals surface area contributed by atoms with Gasteiger partial charge in [0.05, 0.1) is 5.69 Å². The highest BCUT2D eigenvalue weighted by molar-refractivity contribution is 5.62. The van der Waals surface area contributed by atoms with E-state index in [2.05, 4.69) is 9.82 Å². The first-order valence-electron chi connectivity index (χ1n) is 4.03. The standard InChI is InChI=1S/C8H7F3N2O3/c9-8(10,11)6-3-1-2-5(12-6)4-16-13-7(14)15/h1-3,13H,4H2,(H,14,15). The molecule has 0 aliphatic heterocycles. The SMILES string of the molecule is O=C(O)NOCc1cccc(C(F)(F)F)n1. The highest BCUT2D eigenvalue weighted by Crippen LogP contribution is 2.27. The summed E-state index contributed by atoms with van der Waals surface area (Å²) in [6.07, 6.45) is -5.97. The zero-order chi connectivity index (χ0) is 12.2. The molecule has 0 atom stereocenters. The van der Waals surface area contributed by atoms with Crippen molar-refractivity contribution < 1.29 is 27.9 Å². The van der Waals surface area contributed by atoms with E-state index in [1.807, 2.05) is 0 Å². The van der Waals surface area contributed by atoms with Gasteiger partial charge in [-0.3, -0.25) is 4.84 Å². The van der Waals surface area contributed by atoms with Gasteiger partial charge in [0.25, 0.3) is 0 Å². The van der Waals surface area contributed by atoms with Crippen LogP contribution in [0.15, 0.2) is 18.2 Å². The maximum absolute atomic E-state index is 12.2. The fourth-order valence-electron chi connectivity index (χ4n) is 0.890. The molecule has 1 heterocycles. The molecule has 88 valence electrons. The first-order valence-corrected chi connectivity index (χ1v) is 4.03. The Bertz CT molecular complexity index is 381. The van der Waals surface area contributed by atoms with Crippen molar-refractivity contribution in [3.8, 4) is 0 Å². The topological polar surface area (TPSA) is 71.5 Å². The molecule has 2 N–H and O–H groups in total. The highest BCUT2D eigenvalue weighted by Gasteiger charge is 2.32. The van der Waals surface area contributed by atoms with Crippen LogP contribution < -0.4 is 5.48 Å². The molecule has 0 unspecified atom stereocenters. The Hall–Kier alpha value is -1.83. The van der Waals surface area contributed by atoms with Crippen molar-refractivity contribution >= 4 is 6.09 Å². The van der Waals surface area contributed by atoms with Crippen LogP contribution in [0.3, 0.4) is 0 Å². The number of pyridine rings is 1. The van der Waals surface area contributed by atoms with Gasteiger partial charge in [0.1, 0.15) is 12.3 Å². The van der Waals surface area contributed by atoms with Crippen LogP contribution in [-0.4, -0.2) is 16.2 Å². The van der Waals surface area contributed by atoms with Gasteiger partial charge in [-0.05, 0) is 12.1 Å². The minimum atomic E-state index is -4.53. The van der Waals surface area contributed by atoms with Gasteiger partial charge in [0, 0.05) is 0 Å². The first-order chi connectivity index (χ1) is 7.39. The van der Waals surface area contributed by atoms with Crippen LogP contribution in [-0.2, 0) is 17.6 Å². The Morgan fingerprint density at radius 3 is 2.75 bits per heavy atom. The number of aromatic nitrogens is 1. The van der Waals surface area contributed by atoms with Crippen molar-refractivity contribution in [3.05, 3.63) is 29.6 Å². The number of hydroxylamine groups is 1. The molecule has 1 aromatic heterocycles. The molecule has 0 bridgehead atoms. The predicted octanol–water partition coefficient (Wildman–Crippen LogP) is 1.80. The summed E-state index contributed by atoms with van der Waals surface area (Å²) in [5.74, 6) is 0. The summed E-state index contributed by atoms with van der Waals surface area (Å²) in [7, 11) is 0. The average Bonchev–Trinajstić information content (AvgIpc) is 2.16. The minimum absolute atomic E-state index is 0.0245. The molecule has 0 aliphatic rings. The molecule has 1 rings (SSSR count). The Morgan fingerprint density at radius 2 is 2.19 bits per heavy atom. The number of alkyl halides is 3. The second-order valence-corrected chi connectivity index (χ2v) is 2.71. The van der Waals surface area contributed by atoms with Crippen molar-refractivity contribution in [2.24, 2.45) is 0 Å². The van der Waals surface area contributed by atoms with Crippen LogP contribution in [0, 0.1) is 0 Å². The van der Waals surface area contributed by atoms with E-state index in [1.165, 1.54) is 6.07 Å². The molecule has 1 aromatic rings. The van der Waals surface area contributed by atoms with Crippen LogP contribution in [0.5, 0.6) is 0 Å². The Balaban J connectivity index is 2.64. The molecule has 0 aliphatic carbocycles. The lowest BCUT2D eigenvalue weighted by Gasteiger charge is -2.07. The summed E-state index contributed by atoms with van der Waals surface area (Å²) in [5, 5.41) is 8.14. The molecule has 5 nitrogen and oxygen atoms in total. The smallest absolute Gasteiger partial charge is 0.433 e. The van der Waals surface area contributed by atoms with E-state index >= 15 is 0 Å². The van der Waals surface area contributed by atoms with E-state index in [0.29, 0.717) is 0 Å². The summed E-state index contributed by atoms with van der Waals surface area (Å²) < 4.78 is 36.6. The van der Waals surface area contributed by atoms with Crippen molar-refractivity contribution in [1.29, 1.82) is 0 Å². The van der Waals surface area contributed by atoms with Gasteiger partial charge in [-0.15, -0.1) is 0 Å². The van der Waals surface area contributed by atoms with Gasteiger partial charge in [-0.25, -0.2) is 9.78 Å². The average molecular weight is 236 g/mol. The summed E-state index contributed by atoms with van der Waals surface area (Å²) in [6, 6.07) is 3.27. The van der Waals surface area contributed by atoms with Crippen LogP contribution in [0.2, 0.25) is 0 Å². The molecular formula is C8H7F3N2O3. The van der Waals surface area contributed by atoms with Gasteiger partial charge in [-0.1, -0.05) is 6.07 Å². The fraction of sp³-hybridized carbons (Fsp3) is 0.250. The number of rotatable bonds is 3. The first kappa shape index (κ1) is 12.2. The van der Waals surface area contributed by atoms with Gasteiger partial charge >= 0.3 is 12.3 Å². The largest absolute Gasteiger partial charge is 0.464 e. The molecule has 0 spiro atoms. The second-order valence-electron chi connectivity index (χ2n) is 2.71. The van der Waals surface area contributed by atoms with E-state index in [9.17, 15) is 18.0 Å². The summed E-state index contributed by atoms with van der Waals surface area (Å²) in [5.41, 5.74) is 0.471. The summed E-state index contributed by atoms with van der Waals surface area (Å²) in [6.45, 7) is -0.379. The van der Waals surface area contributed by atoms with E-state index in [-0.39, 0.29) is 12.3 Å². The van der Waals surface area contributed by atoms with Gasteiger partial charge in [0.2, 0.25) is 0 Å². The van der Waals surface area contributed by atoms with Crippen molar-refractivity contribution in [2.45, 2.75) is 12.8 Å². The second kappa shape index (κ2) is 4.79. The van der Waals surface area contributed by atoms with Gasteiger partial charge in [0.15, 0.2) is 0 Å². The van der Waals surface area contributed by atoms with E-state index in [4.69, 9.17) is 5.11 Å². The molecule has 0 fully saturated rings. The monoisotopic (exact) mass is 236 g/mol. The molecule has 8 heteroatoms. The number of hydrogen-bond donors (Lipinski definition) is 2. The van der Waals surface area contributed by atoms with Crippen LogP contribution in [0.1, 0.15) is 11.4 Å². The van der Waals surface area contributed by atoms with Gasteiger partial charge < -0.3 is 5.11 Å². The fourth-order valence-corrected chi connectivity index (χ4v) is 0.890. The molecule has 0 aromatic carbocycles. The Labute approximate surface area is 87.8 Å². The summed E-state index contributed by atoms with van der Waals surface area (Å²) in [4.78, 5) is 17.6. The number of nitrogens with one attached hydrogen (secondary N) is 1. The zero-order valence-electron chi connectivity index (χ0n) is 7.78. The number of nitrogens with zero attached hydrogens (tertiary/aromatic N) is 1. The van der Waals surface area contributed by atoms with E-state index in [1.54, 1.807) is 5.48 Å². The Kier molecular flexibility index (Phi) is 3.67. The number of halogens is 3. The maximum Gasteiger partial charge on any atom is 0.433 e. The maximum atomic E-state index is 12.2. The number of carboxylic acid groups (broad SMARTS) is 1. The third-order valence-electron chi connectivity index (χ3n) is 1.48. The summed E-state index contributed by atoms with van der Waals surface area (Å²) >= 11 is 0.